The molecule has 1 aliphatic heterocycles. The first kappa shape index (κ1) is 25.6. The van der Waals surface area contributed by atoms with Crippen LogP contribution in [0.5, 0.6) is 5.75 Å². The number of piperazine rings is 1. The summed E-state index contributed by atoms with van der Waals surface area (Å²) in [6.45, 7) is 4.37. The van der Waals surface area contributed by atoms with Crippen LogP contribution in [0, 0.1) is 0 Å². The van der Waals surface area contributed by atoms with E-state index in [1.165, 1.54) is 14.4 Å². The summed E-state index contributed by atoms with van der Waals surface area (Å²) in [7, 11) is -3.57. The molecule has 1 aliphatic rings. The molecule has 0 saturated carbocycles. The zero-order valence-electron chi connectivity index (χ0n) is 20.2. The van der Waals surface area contributed by atoms with Gasteiger partial charge in [-0.05, 0) is 30.7 Å². The summed E-state index contributed by atoms with van der Waals surface area (Å²) in [6.07, 6.45) is 3.20. The highest BCUT2D eigenvalue weighted by Gasteiger charge is 2.28. The highest BCUT2D eigenvalue weighted by Crippen LogP contribution is 2.26. The van der Waals surface area contributed by atoms with Crippen LogP contribution in [0.2, 0.25) is 0 Å². The molecule has 0 bridgehead atoms. The molecular formula is C26H30N4O5S. The molecule has 4 rings (SSSR count). The third-order valence-corrected chi connectivity index (χ3v) is 7.33. The maximum absolute atomic E-state index is 13.3. The Labute approximate surface area is 211 Å². The number of benzene rings is 2. The van der Waals surface area contributed by atoms with Gasteiger partial charge in [0, 0.05) is 38.2 Å². The van der Waals surface area contributed by atoms with Gasteiger partial charge in [0.05, 0.1) is 18.5 Å². The summed E-state index contributed by atoms with van der Waals surface area (Å²) in [5.41, 5.74) is 1.61. The van der Waals surface area contributed by atoms with Gasteiger partial charge in [-0.25, -0.2) is 8.42 Å². The fourth-order valence-electron chi connectivity index (χ4n) is 3.89. The van der Waals surface area contributed by atoms with Crippen molar-refractivity contribution in [2.24, 2.45) is 0 Å². The molecule has 0 radical (unpaired) electrons. The average Bonchev–Trinajstić information content (AvgIpc) is 2.92. The molecule has 2 heterocycles. The summed E-state index contributed by atoms with van der Waals surface area (Å²) in [5, 5.41) is 5.61. The molecule has 0 aliphatic carbocycles. The molecule has 1 fully saturated rings. The highest BCUT2D eigenvalue weighted by molar-refractivity contribution is 7.92. The molecule has 1 saturated heterocycles. The Hall–Kier alpha value is -3.47. The SMILES string of the molecule is CCOCCOc1c(N2CCN(S(=O)(=O)C=Cc3ccccc3)CC2)cnn(-c2ccccc2)c1=O. The molecule has 0 atom stereocenters. The molecule has 1 aromatic heterocycles. The second-order valence-corrected chi connectivity index (χ2v) is 9.92. The molecule has 0 amide bonds. The van der Waals surface area contributed by atoms with Crippen molar-refractivity contribution >= 4 is 21.8 Å². The van der Waals surface area contributed by atoms with Crippen molar-refractivity contribution < 1.29 is 17.9 Å². The Morgan fingerprint density at radius 2 is 1.61 bits per heavy atom. The lowest BCUT2D eigenvalue weighted by Gasteiger charge is -2.35. The highest BCUT2D eigenvalue weighted by atomic mass is 32.2. The van der Waals surface area contributed by atoms with Crippen LogP contribution in [0.3, 0.4) is 0 Å². The standard InChI is InChI=1S/C26H30N4O5S/c1-2-34-18-19-35-25-24(21-27-30(26(25)31)23-11-7-4-8-12-23)28-14-16-29(17-15-28)36(32,33)20-13-22-9-5-3-6-10-22/h3-13,20-21H,2,14-19H2,1H3. The summed E-state index contributed by atoms with van der Waals surface area (Å²) in [5.74, 6) is 0.175. The first-order valence-corrected chi connectivity index (χ1v) is 13.4. The van der Waals surface area contributed by atoms with Crippen LogP contribution in [-0.4, -0.2) is 68.5 Å². The minimum atomic E-state index is -3.57. The topological polar surface area (TPSA) is 94.0 Å². The van der Waals surface area contributed by atoms with Crippen molar-refractivity contribution in [3.63, 3.8) is 0 Å². The van der Waals surface area contributed by atoms with E-state index in [-0.39, 0.29) is 31.0 Å². The number of hydrogen-bond donors (Lipinski definition) is 0. The van der Waals surface area contributed by atoms with Gasteiger partial charge in [0.2, 0.25) is 15.8 Å². The molecule has 0 spiro atoms. The van der Waals surface area contributed by atoms with Crippen LogP contribution in [0.1, 0.15) is 12.5 Å². The van der Waals surface area contributed by atoms with E-state index in [0.29, 0.717) is 37.7 Å². The van der Waals surface area contributed by atoms with Crippen LogP contribution in [0.4, 0.5) is 5.69 Å². The second-order valence-electron chi connectivity index (χ2n) is 8.10. The van der Waals surface area contributed by atoms with Crippen LogP contribution >= 0.6 is 0 Å². The zero-order chi connectivity index (χ0) is 25.4. The molecule has 0 unspecified atom stereocenters. The van der Waals surface area contributed by atoms with E-state index >= 15 is 0 Å². The number of ether oxygens (including phenoxy) is 2. The number of para-hydroxylation sites is 1. The lowest BCUT2D eigenvalue weighted by atomic mass is 10.2. The lowest BCUT2D eigenvalue weighted by molar-refractivity contribution is 0.109. The van der Waals surface area contributed by atoms with Gasteiger partial charge in [-0.3, -0.25) is 4.79 Å². The smallest absolute Gasteiger partial charge is 0.316 e. The second kappa shape index (κ2) is 12.0. The van der Waals surface area contributed by atoms with Crippen molar-refractivity contribution in [3.8, 4) is 11.4 Å². The lowest BCUT2D eigenvalue weighted by Crippen LogP contribution is -2.48. The fraction of sp³-hybridized carbons (Fsp3) is 0.308. The Bertz CT molecular complexity index is 1320. The van der Waals surface area contributed by atoms with Gasteiger partial charge in [-0.15, -0.1) is 0 Å². The third-order valence-electron chi connectivity index (χ3n) is 5.76. The van der Waals surface area contributed by atoms with Crippen molar-refractivity contribution in [2.45, 2.75) is 6.92 Å². The van der Waals surface area contributed by atoms with Crippen molar-refractivity contribution in [2.75, 3.05) is 50.9 Å². The largest absolute Gasteiger partial charge is 0.484 e. The maximum atomic E-state index is 13.3. The molecule has 190 valence electrons. The molecule has 3 aromatic rings. The molecule has 9 nitrogen and oxygen atoms in total. The molecular weight excluding hydrogens is 480 g/mol. The van der Waals surface area contributed by atoms with Crippen LogP contribution in [-0.2, 0) is 14.8 Å². The van der Waals surface area contributed by atoms with E-state index < -0.39 is 10.0 Å². The molecule has 2 aromatic carbocycles. The van der Waals surface area contributed by atoms with Crippen LogP contribution in [0.15, 0.2) is 77.1 Å². The molecule has 36 heavy (non-hydrogen) atoms. The predicted octanol–water partition coefficient (Wildman–Crippen LogP) is 2.77. The monoisotopic (exact) mass is 510 g/mol. The summed E-state index contributed by atoms with van der Waals surface area (Å²) < 4.78 is 39.7. The van der Waals surface area contributed by atoms with Gasteiger partial charge < -0.3 is 14.4 Å². The van der Waals surface area contributed by atoms with E-state index in [4.69, 9.17) is 9.47 Å². The number of sulfonamides is 1. The van der Waals surface area contributed by atoms with Gasteiger partial charge in [0.15, 0.2) is 0 Å². The Morgan fingerprint density at radius 1 is 0.944 bits per heavy atom. The van der Waals surface area contributed by atoms with Crippen LogP contribution in [0.25, 0.3) is 11.8 Å². The number of hydrogen-bond acceptors (Lipinski definition) is 7. The molecule has 0 N–H and O–H groups in total. The summed E-state index contributed by atoms with van der Waals surface area (Å²) in [6, 6.07) is 18.4. The van der Waals surface area contributed by atoms with Gasteiger partial charge in [0.25, 0.3) is 0 Å². The van der Waals surface area contributed by atoms with Crippen molar-refractivity contribution in [1.29, 1.82) is 0 Å². The minimum Gasteiger partial charge on any atom is -0.484 e. The van der Waals surface area contributed by atoms with Gasteiger partial charge in [-0.2, -0.15) is 14.1 Å². The van der Waals surface area contributed by atoms with E-state index in [0.717, 1.165) is 5.56 Å². The summed E-state index contributed by atoms with van der Waals surface area (Å²) >= 11 is 0. The average molecular weight is 511 g/mol. The maximum Gasteiger partial charge on any atom is 0.316 e. The van der Waals surface area contributed by atoms with E-state index in [2.05, 4.69) is 5.10 Å². The summed E-state index contributed by atoms with van der Waals surface area (Å²) in [4.78, 5) is 15.3. The van der Waals surface area contributed by atoms with Gasteiger partial charge >= 0.3 is 5.56 Å². The minimum absolute atomic E-state index is 0.175. The number of anilines is 1. The first-order chi connectivity index (χ1) is 17.5. The molecule has 10 heteroatoms. The number of nitrogens with zero attached hydrogens (tertiary/aromatic N) is 4. The number of aromatic nitrogens is 2. The van der Waals surface area contributed by atoms with Crippen molar-refractivity contribution in [3.05, 3.63) is 88.2 Å². The van der Waals surface area contributed by atoms with E-state index in [1.54, 1.807) is 24.4 Å². The number of rotatable bonds is 10. The Balaban J connectivity index is 1.52. The fourth-order valence-corrected chi connectivity index (χ4v) is 5.06. The van der Waals surface area contributed by atoms with Crippen molar-refractivity contribution in [1.82, 2.24) is 14.1 Å². The first-order valence-electron chi connectivity index (χ1n) is 11.9. The normalized spacial score (nSPS) is 14.9. The Kier molecular flexibility index (Phi) is 8.52. The van der Waals surface area contributed by atoms with Crippen LogP contribution < -0.4 is 15.2 Å². The van der Waals surface area contributed by atoms with Gasteiger partial charge in [0.1, 0.15) is 12.3 Å². The van der Waals surface area contributed by atoms with Gasteiger partial charge in [-0.1, -0.05) is 48.5 Å². The quantitative estimate of drug-likeness (QED) is 0.387. The van der Waals surface area contributed by atoms with E-state index in [9.17, 15) is 13.2 Å². The predicted molar refractivity (Wildman–Crippen MR) is 140 cm³/mol. The zero-order valence-corrected chi connectivity index (χ0v) is 21.0. The third kappa shape index (κ3) is 6.20. The van der Waals surface area contributed by atoms with E-state index in [1.807, 2.05) is 60.4 Å². The Morgan fingerprint density at radius 3 is 2.28 bits per heavy atom.